The minimum absolute atomic E-state index is 0.0710. The number of nitrogens with zero attached hydrogens (tertiary/aromatic N) is 2. The van der Waals surface area contributed by atoms with Crippen molar-refractivity contribution in [2.24, 2.45) is 0 Å². The molecule has 0 radical (unpaired) electrons. The molecule has 2 saturated heterocycles. The van der Waals surface area contributed by atoms with Gasteiger partial charge in [-0.2, -0.15) is 0 Å². The van der Waals surface area contributed by atoms with Crippen molar-refractivity contribution in [1.29, 1.82) is 0 Å². The van der Waals surface area contributed by atoms with Gasteiger partial charge in [0.1, 0.15) is 5.76 Å². The predicted molar refractivity (Wildman–Crippen MR) is 88.6 cm³/mol. The number of aryl methyl sites for hydroxylation is 1. The van der Waals surface area contributed by atoms with Crippen LogP contribution in [-0.4, -0.2) is 60.1 Å². The fourth-order valence-corrected chi connectivity index (χ4v) is 4.13. The van der Waals surface area contributed by atoms with Crippen molar-refractivity contribution in [2.45, 2.75) is 51.7 Å². The molecule has 0 N–H and O–H groups in total. The lowest BCUT2D eigenvalue weighted by molar-refractivity contribution is -0.0961. The second kappa shape index (κ2) is 6.65. The number of likely N-dealkylation sites (tertiary alicyclic amines) is 1. The maximum absolute atomic E-state index is 12.7. The molecule has 2 aliphatic heterocycles. The summed E-state index contributed by atoms with van der Waals surface area (Å²) in [7, 11) is 0. The minimum atomic E-state index is -0.154. The molecule has 3 heterocycles. The van der Waals surface area contributed by atoms with Gasteiger partial charge in [-0.25, -0.2) is 0 Å². The molecule has 1 aromatic rings. The molecule has 0 bridgehead atoms. The zero-order valence-corrected chi connectivity index (χ0v) is 14.5. The highest BCUT2D eigenvalue weighted by Gasteiger charge is 2.45. The molecular weight excluding hydrogens is 292 g/mol. The second-order valence-electron chi connectivity index (χ2n) is 6.77. The lowest BCUT2D eigenvalue weighted by Gasteiger charge is -2.42. The Bertz CT molecular complexity index is 552. The average Bonchev–Trinajstić information content (AvgIpc) is 3.15. The van der Waals surface area contributed by atoms with Gasteiger partial charge in [0.15, 0.2) is 0 Å². The topological polar surface area (TPSA) is 45.9 Å². The normalized spacial score (nSPS) is 28.0. The maximum atomic E-state index is 12.7. The third-order valence-corrected chi connectivity index (χ3v) is 5.49. The lowest BCUT2D eigenvalue weighted by Crippen LogP contribution is -2.50. The Morgan fingerprint density at radius 3 is 2.87 bits per heavy atom. The Balaban J connectivity index is 1.68. The first-order valence-corrected chi connectivity index (χ1v) is 8.80. The molecule has 1 amide bonds. The highest BCUT2D eigenvalue weighted by molar-refractivity contribution is 5.95. The number of rotatable bonds is 4. The number of carbonyl (C=O) groups excluding carboxylic acids is 1. The first-order chi connectivity index (χ1) is 11.1. The molecule has 5 heteroatoms. The SMILES string of the molecule is CCN(CC)[C@@H]1CCO[C@]2(CCN(C(=O)c3ccoc3C)C2)C1. The van der Waals surface area contributed by atoms with Crippen LogP contribution >= 0.6 is 0 Å². The van der Waals surface area contributed by atoms with E-state index in [9.17, 15) is 4.79 Å². The number of ether oxygens (including phenoxy) is 1. The van der Waals surface area contributed by atoms with E-state index in [1.54, 1.807) is 12.3 Å². The van der Waals surface area contributed by atoms with Crippen LogP contribution in [0, 0.1) is 6.92 Å². The van der Waals surface area contributed by atoms with E-state index in [1.807, 2.05) is 11.8 Å². The molecule has 1 spiro atoms. The number of hydrogen-bond acceptors (Lipinski definition) is 4. The minimum Gasteiger partial charge on any atom is -0.469 e. The van der Waals surface area contributed by atoms with Crippen molar-refractivity contribution in [3.05, 3.63) is 23.7 Å². The summed E-state index contributed by atoms with van der Waals surface area (Å²) < 4.78 is 11.5. The van der Waals surface area contributed by atoms with E-state index < -0.39 is 0 Å². The van der Waals surface area contributed by atoms with Crippen molar-refractivity contribution in [2.75, 3.05) is 32.8 Å². The van der Waals surface area contributed by atoms with Gasteiger partial charge in [-0.15, -0.1) is 0 Å². The highest BCUT2D eigenvalue weighted by Crippen LogP contribution is 2.36. The largest absolute Gasteiger partial charge is 0.469 e. The molecule has 2 atom stereocenters. The Labute approximate surface area is 138 Å². The molecule has 128 valence electrons. The maximum Gasteiger partial charge on any atom is 0.257 e. The van der Waals surface area contributed by atoms with Crippen LogP contribution in [0.5, 0.6) is 0 Å². The predicted octanol–water partition coefficient (Wildman–Crippen LogP) is 2.69. The quantitative estimate of drug-likeness (QED) is 0.856. The molecule has 5 nitrogen and oxygen atoms in total. The first kappa shape index (κ1) is 16.5. The van der Waals surface area contributed by atoms with Crippen molar-refractivity contribution < 1.29 is 13.9 Å². The summed E-state index contributed by atoms with van der Waals surface area (Å²) in [5.74, 6) is 0.767. The van der Waals surface area contributed by atoms with Crippen molar-refractivity contribution in [1.82, 2.24) is 9.80 Å². The second-order valence-corrected chi connectivity index (χ2v) is 6.77. The van der Waals surface area contributed by atoms with Crippen molar-refractivity contribution in [3.63, 3.8) is 0 Å². The number of furan rings is 1. The monoisotopic (exact) mass is 320 g/mol. The first-order valence-electron chi connectivity index (χ1n) is 8.80. The van der Waals surface area contributed by atoms with Gasteiger partial charge in [-0.3, -0.25) is 4.79 Å². The fraction of sp³-hybridized carbons (Fsp3) is 0.722. The van der Waals surface area contributed by atoms with Gasteiger partial charge in [0, 0.05) is 19.2 Å². The standard InChI is InChI=1S/C18H28N2O3/c1-4-19(5-2)15-6-11-23-18(12-15)8-9-20(13-18)17(21)16-7-10-22-14(16)3/h7,10,15H,4-6,8-9,11-13H2,1-3H3/t15-,18-/m1/s1. The van der Waals surface area contributed by atoms with Crippen LogP contribution in [0.15, 0.2) is 16.7 Å². The summed E-state index contributed by atoms with van der Waals surface area (Å²) in [5.41, 5.74) is 0.525. The Morgan fingerprint density at radius 1 is 1.43 bits per heavy atom. The molecule has 0 aliphatic carbocycles. The van der Waals surface area contributed by atoms with Crippen LogP contribution in [0.1, 0.15) is 49.2 Å². The zero-order valence-electron chi connectivity index (χ0n) is 14.5. The van der Waals surface area contributed by atoms with E-state index >= 15 is 0 Å². The highest BCUT2D eigenvalue weighted by atomic mass is 16.5. The molecule has 0 saturated carbocycles. The summed E-state index contributed by atoms with van der Waals surface area (Å²) in [6.07, 6.45) is 4.65. The van der Waals surface area contributed by atoms with Crippen molar-refractivity contribution >= 4 is 5.91 Å². The fourth-order valence-electron chi connectivity index (χ4n) is 4.13. The summed E-state index contributed by atoms with van der Waals surface area (Å²) in [6, 6.07) is 2.34. The van der Waals surface area contributed by atoms with E-state index in [0.717, 1.165) is 45.5 Å². The van der Waals surface area contributed by atoms with E-state index in [0.29, 0.717) is 23.9 Å². The molecular formula is C18H28N2O3. The molecule has 0 unspecified atom stereocenters. The van der Waals surface area contributed by atoms with Gasteiger partial charge in [0.25, 0.3) is 5.91 Å². The van der Waals surface area contributed by atoms with Crippen LogP contribution in [0.25, 0.3) is 0 Å². The van der Waals surface area contributed by atoms with Crippen LogP contribution in [-0.2, 0) is 4.74 Å². The Kier molecular flexibility index (Phi) is 4.78. The van der Waals surface area contributed by atoms with Gasteiger partial charge in [0.05, 0.1) is 24.0 Å². The molecule has 2 fully saturated rings. The average molecular weight is 320 g/mol. The summed E-state index contributed by atoms with van der Waals surface area (Å²) >= 11 is 0. The summed E-state index contributed by atoms with van der Waals surface area (Å²) in [5, 5.41) is 0. The molecule has 0 aromatic carbocycles. The van der Waals surface area contributed by atoms with E-state index in [-0.39, 0.29) is 11.5 Å². The van der Waals surface area contributed by atoms with Gasteiger partial charge in [0.2, 0.25) is 0 Å². The third kappa shape index (κ3) is 3.17. The van der Waals surface area contributed by atoms with Gasteiger partial charge >= 0.3 is 0 Å². The van der Waals surface area contributed by atoms with E-state index in [1.165, 1.54) is 0 Å². The summed E-state index contributed by atoms with van der Waals surface area (Å²) in [4.78, 5) is 17.1. The van der Waals surface area contributed by atoms with Gasteiger partial charge < -0.3 is 19.0 Å². The zero-order chi connectivity index (χ0) is 16.4. The molecule has 23 heavy (non-hydrogen) atoms. The van der Waals surface area contributed by atoms with Crippen LogP contribution in [0.3, 0.4) is 0 Å². The van der Waals surface area contributed by atoms with Crippen LogP contribution < -0.4 is 0 Å². The van der Waals surface area contributed by atoms with Crippen LogP contribution in [0.4, 0.5) is 0 Å². The van der Waals surface area contributed by atoms with E-state index in [4.69, 9.17) is 9.15 Å². The van der Waals surface area contributed by atoms with Crippen LogP contribution in [0.2, 0.25) is 0 Å². The Hall–Kier alpha value is -1.33. The van der Waals surface area contributed by atoms with E-state index in [2.05, 4.69) is 18.7 Å². The van der Waals surface area contributed by atoms with Gasteiger partial charge in [-0.05, 0) is 45.3 Å². The number of amides is 1. The lowest BCUT2D eigenvalue weighted by atomic mass is 9.88. The smallest absolute Gasteiger partial charge is 0.257 e. The molecule has 3 rings (SSSR count). The van der Waals surface area contributed by atoms with Crippen molar-refractivity contribution in [3.8, 4) is 0 Å². The molecule has 2 aliphatic rings. The van der Waals surface area contributed by atoms with Gasteiger partial charge in [-0.1, -0.05) is 13.8 Å². The number of hydrogen-bond donors (Lipinski definition) is 0. The molecule has 1 aromatic heterocycles. The summed E-state index contributed by atoms with van der Waals surface area (Å²) in [6.45, 7) is 10.7. The third-order valence-electron chi connectivity index (χ3n) is 5.49. The Morgan fingerprint density at radius 2 is 2.22 bits per heavy atom. The number of carbonyl (C=O) groups is 1.